The maximum absolute atomic E-state index is 12.2. The average molecular weight is 326 g/mol. The Morgan fingerprint density at radius 1 is 1.32 bits per heavy atom. The van der Waals surface area contributed by atoms with Crippen molar-refractivity contribution in [1.29, 1.82) is 0 Å². The second kappa shape index (κ2) is 5.03. The molecule has 0 radical (unpaired) electrons. The minimum absolute atomic E-state index is 0.0588. The van der Waals surface area contributed by atoms with E-state index < -0.39 is 27.4 Å². The van der Waals surface area contributed by atoms with Crippen molar-refractivity contribution in [3.05, 3.63) is 23.9 Å². The zero-order valence-corrected chi connectivity index (χ0v) is 14.2. The fraction of sp³-hybridized carbons (Fsp3) is 0.600. The Balaban J connectivity index is 2.24. The predicted molar refractivity (Wildman–Crippen MR) is 82.0 cm³/mol. The largest absolute Gasteiger partial charge is 0.481 e. The Hall–Kier alpha value is -1.47. The van der Waals surface area contributed by atoms with E-state index in [2.05, 4.69) is 9.71 Å². The molecule has 1 saturated carbocycles. The molecule has 0 aromatic carbocycles. The highest BCUT2D eigenvalue weighted by Crippen LogP contribution is 2.64. The van der Waals surface area contributed by atoms with Crippen LogP contribution in [-0.2, 0) is 14.8 Å². The first-order chi connectivity index (χ1) is 9.86. The van der Waals surface area contributed by atoms with Gasteiger partial charge in [-0.3, -0.25) is 4.79 Å². The summed E-state index contributed by atoms with van der Waals surface area (Å²) < 4.78 is 26.9. The first-order valence-corrected chi connectivity index (χ1v) is 8.57. The van der Waals surface area contributed by atoms with Crippen molar-refractivity contribution >= 4 is 16.0 Å². The Morgan fingerprint density at radius 2 is 1.91 bits per heavy atom. The summed E-state index contributed by atoms with van der Waals surface area (Å²) in [6, 6.07) is 3.08. The summed E-state index contributed by atoms with van der Waals surface area (Å²) in [5, 5.41) is 9.15. The van der Waals surface area contributed by atoms with E-state index in [0.29, 0.717) is 0 Å². The molecule has 6 nitrogen and oxygen atoms in total. The maximum atomic E-state index is 12.2. The van der Waals surface area contributed by atoms with Crippen molar-refractivity contribution in [3.63, 3.8) is 0 Å². The van der Waals surface area contributed by atoms with Crippen LogP contribution in [0, 0.1) is 11.3 Å². The Kier molecular flexibility index (Phi) is 3.86. The fourth-order valence-corrected chi connectivity index (χ4v) is 4.26. The summed E-state index contributed by atoms with van der Waals surface area (Å²) in [7, 11) is -3.68. The van der Waals surface area contributed by atoms with Gasteiger partial charge in [0.2, 0.25) is 0 Å². The zero-order valence-electron chi connectivity index (χ0n) is 13.4. The number of pyridine rings is 1. The van der Waals surface area contributed by atoms with E-state index >= 15 is 0 Å². The van der Waals surface area contributed by atoms with Gasteiger partial charge in [0, 0.05) is 17.7 Å². The lowest BCUT2D eigenvalue weighted by atomic mass is 10.1. The lowest BCUT2D eigenvalue weighted by Gasteiger charge is -2.19. The van der Waals surface area contributed by atoms with E-state index in [0.717, 1.165) is 5.56 Å². The molecule has 22 heavy (non-hydrogen) atoms. The lowest BCUT2D eigenvalue weighted by Crippen LogP contribution is -2.40. The minimum atomic E-state index is -3.68. The normalized spacial score (nSPS) is 24.0. The van der Waals surface area contributed by atoms with Crippen molar-refractivity contribution in [3.8, 4) is 0 Å². The van der Waals surface area contributed by atoms with Gasteiger partial charge in [0.1, 0.15) is 0 Å². The first kappa shape index (κ1) is 16.9. The number of sulfonamides is 1. The summed E-state index contributed by atoms with van der Waals surface area (Å²) in [5.74, 6) is -1.42. The van der Waals surface area contributed by atoms with Crippen molar-refractivity contribution in [2.24, 2.45) is 11.3 Å². The first-order valence-electron chi connectivity index (χ1n) is 7.09. The van der Waals surface area contributed by atoms with Crippen LogP contribution in [0.3, 0.4) is 0 Å². The van der Waals surface area contributed by atoms with Gasteiger partial charge in [0.15, 0.2) is 5.03 Å². The van der Waals surface area contributed by atoms with Crippen molar-refractivity contribution in [1.82, 2.24) is 9.71 Å². The van der Waals surface area contributed by atoms with E-state index in [1.54, 1.807) is 26.8 Å². The number of carboxylic acid groups (broad SMARTS) is 1. The van der Waals surface area contributed by atoms with Gasteiger partial charge in [0.25, 0.3) is 10.0 Å². The number of hydrogen-bond donors (Lipinski definition) is 2. The van der Waals surface area contributed by atoms with E-state index in [1.807, 2.05) is 13.8 Å². The molecule has 1 aliphatic carbocycles. The van der Waals surface area contributed by atoms with Crippen LogP contribution in [0.25, 0.3) is 0 Å². The molecule has 1 fully saturated rings. The van der Waals surface area contributed by atoms with Gasteiger partial charge >= 0.3 is 5.97 Å². The average Bonchev–Trinajstić information content (AvgIpc) is 2.89. The van der Waals surface area contributed by atoms with Gasteiger partial charge in [-0.1, -0.05) is 19.9 Å². The summed E-state index contributed by atoms with van der Waals surface area (Å²) in [6.07, 6.45) is 1.46. The molecule has 7 heteroatoms. The third-order valence-corrected chi connectivity index (χ3v) is 5.60. The molecule has 2 atom stereocenters. The van der Waals surface area contributed by atoms with Crippen LogP contribution in [0.5, 0.6) is 0 Å². The summed E-state index contributed by atoms with van der Waals surface area (Å²) in [5.41, 5.74) is -0.170. The van der Waals surface area contributed by atoms with Gasteiger partial charge in [0.05, 0.1) is 5.92 Å². The highest BCUT2D eigenvalue weighted by atomic mass is 32.2. The van der Waals surface area contributed by atoms with Gasteiger partial charge in [-0.15, -0.1) is 0 Å². The van der Waals surface area contributed by atoms with E-state index in [-0.39, 0.29) is 16.4 Å². The van der Waals surface area contributed by atoms with Crippen LogP contribution >= 0.6 is 0 Å². The molecule has 1 aromatic rings. The van der Waals surface area contributed by atoms with E-state index in [9.17, 15) is 18.3 Å². The molecule has 0 saturated heterocycles. The standard InChI is InChI=1S/C15H22N2O4S/c1-14(2,3)17-22(20,21)10-7-6-9(8-16-10)11-12(13(18)19)15(11,4)5/h6-8,11-12,17H,1-5H3,(H,18,19)/t11-,12+/m1/s1. The van der Waals surface area contributed by atoms with Crippen molar-refractivity contribution < 1.29 is 18.3 Å². The molecular formula is C15H22N2O4S. The van der Waals surface area contributed by atoms with Crippen molar-refractivity contribution in [2.75, 3.05) is 0 Å². The number of nitrogens with zero attached hydrogens (tertiary/aromatic N) is 1. The Bertz CT molecular complexity index is 687. The van der Waals surface area contributed by atoms with E-state index in [4.69, 9.17) is 0 Å². The molecule has 0 amide bonds. The van der Waals surface area contributed by atoms with E-state index in [1.165, 1.54) is 12.3 Å². The number of carbonyl (C=O) groups is 1. The molecular weight excluding hydrogens is 304 g/mol. The second-order valence-corrected chi connectivity index (χ2v) is 9.03. The Morgan fingerprint density at radius 3 is 2.27 bits per heavy atom. The van der Waals surface area contributed by atoms with Gasteiger partial charge in [-0.25, -0.2) is 18.1 Å². The van der Waals surface area contributed by atoms with Crippen LogP contribution in [0.4, 0.5) is 0 Å². The lowest BCUT2D eigenvalue weighted by molar-refractivity contribution is -0.139. The Labute approximate surface area is 131 Å². The third kappa shape index (κ3) is 3.15. The predicted octanol–water partition coefficient (Wildman–Crippen LogP) is 1.98. The zero-order chi connectivity index (χ0) is 16.9. The van der Waals surface area contributed by atoms with Crippen LogP contribution in [0.15, 0.2) is 23.4 Å². The molecule has 0 bridgehead atoms. The summed E-state index contributed by atoms with van der Waals surface area (Å²) >= 11 is 0. The summed E-state index contributed by atoms with van der Waals surface area (Å²) in [6.45, 7) is 9.04. The minimum Gasteiger partial charge on any atom is -0.481 e. The van der Waals surface area contributed by atoms with Crippen LogP contribution < -0.4 is 4.72 Å². The number of aromatic nitrogens is 1. The summed E-state index contributed by atoms with van der Waals surface area (Å²) in [4.78, 5) is 15.2. The third-order valence-electron chi connectivity index (χ3n) is 3.93. The smallest absolute Gasteiger partial charge is 0.307 e. The molecule has 0 unspecified atom stereocenters. The molecule has 1 aliphatic rings. The monoisotopic (exact) mass is 326 g/mol. The molecule has 1 heterocycles. The second-order valence-electron chi connectivity index (χ2n) is 7.40. The number of aliphatic carboxylic acids is 1. The molecule has 2 rings (SSSR count). The number of carboxylic acids is 1. The maximum Gasteiger partial charge on any atom is 0.307 e. The molecule has 0 spiro atoms. The molecule has 2 N–H and O–H groups in total. The number of rotatable bonds is 4. The molecule has 0 aliphatic heterocycles. The quantitative estimate of drug-likeness (QED) is 0.882. The van der Waals surface area contributed by atoms with Gasteiger partial charge in [-0.05, 0) is 37.8 Å². The highest BCUT2D eigenvalue weighted by Gasteiger charge is 2.62. The molecule has 122 valence electrons. The van der Waals surface area contributed by atoms with Gasteiger partial charge < -0.3 is 5.11 Å². The van der Waals surface area contributed by atoms with Gasteiger partial charge in [-0.2, -0.15) is 0 Å². The van der Waals surface area contributed by atoms with Crippen LogP contribution in [0.2, 0.25) is 0 Å². The van der Waals surface area contributed by atoms with Crippen LogP contribution in [-0.4, -0.2) is 30.0 Å². The van der Waals surface area contributed by atoms with Crippen molar-refractivity contribution in [2.45, 2.75) is 51.1 Å². The topological polar surface area (TPSA) is 96.4 Å². The highest BCUT2D eigenvalue weighted by molar-refractivity contribution is 7.89. The SMILES string of the molecule is CC(C)(C)NS(=O)(=O)c1ccc([C@@H]2[C@@H](C(=O)O)C2(C)C)cn1. The number of nitrogens with one attached hydrogen (secondary N) is 1. The number of hydrogen-bond acceptors (Lipinski definition) is 4. The fourth-order valence-electron chi connectivity index (χ4n) is 2.91. The van der Waals surface area contributed by atoms with Crippen LogP contribution in [0.1, 0.15) is 46.1 Å². The molecule has 1 aromatic heterocycles.